The number of hydrogen-bond acceptors (Lipinski definition) is 1. The molecule has 2 rings (SSSR count). The van der Waals surface area contributed by atoms with Gasteiger partial charge < -0.3 is 21.8 Å². The molecule has 0 saturated heterocycles. The van der Waals surface area contributed by atoms with Crippen molar-refractivity contribution in [3.8, 4) is 0 Å². The molecule has 0 saturated carbocycles. The minimum Gasteiger partial charge on any atom is -1.00 e. The summed E-state index contributed by atoms with van der Waals surface area (Å²) in [5.74, 6) is 1.20. The SMILES string of the molecule is CCC[B-]1(CCC)[NH+]=CNc2cccc[n+]21.[Cl-]. The van der Waals surface area contributed by atoms with Crippen LogP contribution in [0.1, 0.15) is 26.7 Å². The molecule has 1 aromatic rings. The monoisotopic (exact) mass is 253 g/mol. The van der Waals surface area contributed by atoms with E-state index in [1.165, 1.54) is 31.3 Å². The Labute approximate surface area is 110 Å². The predicted molar refractivity (Wildman–Crippen MR) is 68.6 cm³/mol. The Hall–Kier alpha value is -1.03. The van der Waals surface area contributed by atoms with E-state index in [1.807, 2.05) is 6.34 Å². The molecule has 17 heavy (non-hydrogen) atoms. The lowest BCUT2D eigenvalue weighted by Crippen LogP contribution is -3.02. The minimum atomic E-state index is -0.666. The summed E-state index contributed by atoms with van der Waals surface area (Å²) in [6.07, 6.45) is 8.38. The number of nitrogens with one attached hydrogen (secondary N) is 2. The van der Waals surface area contributed by atoms with Crippen molar-refractivity contribution in [2.75, 3.05) is 5.32 Å². The van der Waals surface area contributed by atoms with Crippen molar-refractivity contribution in [2.24, 2.45) is 0 Å². The van der Waals surface area contributed by atoms with Crippen LogP contribution in [0.15, 0.2) is 24.4 Å². The van der Waals surface area contributed by atoms with Crippen molar-refractivity contribution in [1.29, 1.82) is 0 Å². The smallest absolute Gasteiger partial charge is 0.375 e. The quantitative estimate of drug-likeness (QED) is 0.577. The number of halogens is 1. The summed E-state index contributed by atoms with van der Waals surface area (Å²) in [4.78, 5) is 3.58. The second kappa shape index (κ2) is 6.06. The maximum absolute atomic E-state index is 3.58. The van der Waals surface area contributed by atoms with Crippen molar-refractivity contribution < 1.29 is 21.8 Å². The largest absolute Gasteiger partial charge is 1.00 e. The van der Waals surface area contributed by atoms with Gasteiger partial charge in [0.2, 0.25) is 5.82 Å². The number of fused-ring (bicyclic) bond motifs is 1. The van der Waals surface area contributed by atoms with Crippen LogP contribution in [0.3, 0.4) is 0 Å². The van der Waals surface area contributed by atoms with Gasteiger partial charge in [-0.25, -0.2) is 5.32 Å². The number of nitrogens with zero attached hydrogens (tertiary/aromatic N) is 1. The van der Waals surface area contributed by atoms with Gasteiger partial charge in [0.15, 0.2) is 6.34 Å². The van der Waals surface area contributed by atoms with Gasteiger partial charge >= 0.3 is 6.42 Å². The topological polar surface area (TPSA) is 29.9 Å². The molecule has 0 atom stereocenters. The second-order valence-corrected chi connectivity index (χ2v) is 4.72. The van der Waals surface area contributed by atoms with Crippen molar-refractivity contribution in [1.82, 2.24) is 0 Å². The summed E-state index contributed by atoms with van der Waals surface area (Å²) >= 11 is 0. The molecule has 0 fully saturated rings. The van der Waals surface area contributed by atoms with E-state index in [9.17, 15) is 0 Å². The summed E-state index contributed by atoms with van der Waals surface area (Å²) in [6.45, 7) is 4.51. The molecule has 0 bridgehead atoms. The molecule has 0 radical (unpaired) electrons. The highest BCUT2D eigenvalue weighted by atomic mass is 35.5. The molecule has 1 aliphatic heterocycles. The van der Waals surface area contributed by atoms with Gasteiger partial charge in [0.1, 0.15) is 0 Å². The van der Waals surface area contributed by atoms with Gasteiger partial charge in [-0.1, -0.05) is 45.4 Å². The average molecular weight is 254 g/mol. The van der Waals surface area contributed by atoms with E-state index in [0.29, 0.717) is 0 Å². The van der Waals surface area contributed by atoms with E-state index in [0.717, 1.165) is 0 Å². The molecular formula is C12H21BClN3. The molecule has 5 heteroatoms. The Morgan fingerprint density at radius 3 is 2.59 bits per heavy atom. The summed E-state index contributed by atoms with van der Waals surface area (Å²) in [5.41, 5.74) is 0. The molecule has 0 amide bonds. The van der Waals surface area contributed by atoms with Crippen LogP contribution in [0.4, 0.5) is 5.82 Å². The van der Waals surface area contributed by atoms with Crippen LogP contribution in [-0.2, 0) is 0 Å². The molecular weight excluding hydrogens is 232 g/mol. The molecule has 1 aliphatic rings. The van der Waals surface area contributed by atoms with Gasteiger partial charge in [-0.3, -0.25) is 0 Å². The number of anilines is 1. The van der Waals surface area contributed by atoms with E-state index in [1.54, 1.807) is 0 Å². The molecule has 3 nitrogen and oxygen atoms in total. The molecule has 0 spiro atoms. The lowest BCUT2D eigenvalue weighted by atomic mass is 9.40. The zero-order chi connectivity index (χ0) is 11.4. The molecule has 94 valence electrons. The van der Waals surface area contributed by atoms with Crippen molar-refractivity contribution >= 4 is 18.6 Å². The first-order valence-corrected chi connectivity index (χ1v) is 6.38. The van der Waals surface area contributed by atoms with Crippen LogP contribution < -0.4 is 27.1 Å². The molecule has 1 aromatic heterocycles. The maximum Gasteiger partial charge on any atom is 0.375 e. The standard InChI is InChI=1S/C12H21BN3.ClH/c1-3-8-13(9-4-2)15-11-14-12-7-5-6-10-16(12)13;/h5-7,10-11,14-15H,3-4,8-9H2,1-2H3;1H/q+1;/p-1. The van der Waals surface area contributed by atoms with Crippen LogP contribution >= 0.6 is 0 Å². The highest BCUT2D eigenvalue weighted by Gasteiger charge is 2.37. The Kier molecular flexibility index (Phi) is 5.00. The Balaban J connectivity index is 0.00000144. The molecule has 2 N–H and O–H groups in total. The fourth-order valence-electron chi connectivity index (χ4n) is 2.90. The van der Waals surface area contributed by atoms with Gasteiger partial charge in [0, 0.05) is 12.3 Å². The molecule has 0 aliphatic carbocycles. The summed E-state index contributed by atoms with van der Waals surface area (Å²) in [5, 5.41) is 3.28. The Bertz CT molecular complexity index is 389. The number of hydrogen-bond donors (Lipinski definition) is 2. The predicted octanol–water partition coefficient (Wildman–Crippen LogP) is -2.38. The fourth-order valence-corrected chi connectivity index (χ4v) is 2.90. The van der Waals surface area contributed by atoms with Gasteiger partial charge in [0.25, 0.3) is 0 Å². The molecule has 2 heterocycles. The second-order valence-electron chi connectivity index (χ2n) is 4.72. The first-order chi connectivity index (χ1) is 7.82. The third kappa shape index (κ3) is 2.63. The van der Waals surface area contributed by atoms with Crippen LogP contribution in [0.5, 0.6) is 0 Å². The van der Waals surface area contributed by atoms with E-state index in [-0.39, 0.29) is 12.4 Å². The number of pyridine rings is 1. The van der Waals surface area contributed by atoms with Gasteiger partial charge in [-0.15, -0.1) is 0 Å². The first-order valence-electron chi connectivity index (χ1n) is 6.38. The Morgan fingerprint density at radius 1 is 1.24 bits per heavy atom. The van der Waals surface area contributed by atoms with E-state index < -0.39 is 6.42 Å². The van der Waals surface area contributed by atoms with Crippen LogP contribution in [0.25, 0.3) is 0 Å². The third-order valence-corrected chi connectivity index (χ3v) is 3.57. The van der Waals surface area contributed by atoms with Gasteiger partial charge in [-0.2, -0.15) is 0 Å². The maximum atomic E-state index is 3.58. The van der Waals surface area contributed by atoms with Crippen molar-refractivity contribution in [3.05, 3.63) is 24.4 Å². The van der Waals surface area contributed by atoms with Gasteiger partial charge in [0.05, 0.1) is 0 Å². The summed E-state index contributed by atoms with van der Waals surface area (Å²) in [7, 11) is 0. The van der Waals surface area contributed by atoms with Gasteiger partial charge in [-0.05, 0) is 6.07 Å². The summed E-state index contributed by atoms with van der Waals surface area (Å²) in [6, 6.07) is 6.33. The molecule has 0 unspecified atom stereocenters. The minimum absolute atomic E-state index is 0. The number of rotatable bonds is 4. The highest BCUT2D eigenvalue weighted by molar-refractivity contribution is 6.63. The summed E-state index contributed by atoms with van der Waals surface area (Å²) < 4.78 is 2.40. The fraction of sp³-hybridized carbons (Fsp3) is 0.500. The highest BCUT2D eigenvalue weighted by Crippen LogP contribution is 2.13. The van der Waals surface area contributed by atoms with E-state index in [4.69, 9.17) is 0 Å². The Morgan fingerprint density at radius 2 is 1.94 bits per heavy atom. The lowest BCUT2D eigenvalue weighted by Gasteiger charge is -2.33. The third-order valence-electron chi connectivity index (χ3n) is 3.57. The van der Waals surface area contributed by atoms with Crippen molar-refractivity contribution in [2.45, 2.75) is 39.3 Å². The first kappa shape index (κ1) is 14.0. The number of aromatic nitrogens is 1. The zero-order valence-corrected chi connectivity index (χ0v) is 11.4. The van der Waals surface area contributed by atoms with Crippen LogP contribution in [0, 0.1) is 0 Å². The lowest BCUT2D eigenvalue weighted by molar-refractivity contribution is -0.609. The van der Waals surface area contributed by atoms with E-state index >= 15 is 0 Å². The van der Waals surface area contributed by atoms with Crippen molar-refractivity contribution in [3.63, 3.8) is 0 Å². The van der Waals surface area contributed by atoms with E-state index in [2.05, 4.69) is 52.9 Å². The molecule has 0 aromatic carbocycles. The average Bonchev–Trinajstić information content (AvgIpc) is 2.30. The zero-order valence-electron chi connectivity index (χ0n) is 10.6. The normalized spacial score (nSPS) is 15.6. The van der Waals surface area contributed by atoms with Crippen LogP contribution in [0.2, 0.25) is 12.6 Å². The van der Waals surface area contributed by atoms with Crippen LogP contribution in [-0.4, -0.2) is 12.8 Å².